The van der Waals surface area contributed by atoms with Crippen LogP contribution >= 0.6 is 24.0 Å². The third-order valence-electron chi connectivity index (χ3n) is 2.98. The van der Waals surface area contributed by atoms with E-state index in [2.05, 4.69) is 15.6 Å². The second kappa shape index (κ2) is 14.3. The van der Waals surface area contributed by atoms with Gasteiger partial charge in [0.25, 0.3) is 0 Å². The van der Waals surface area contributed by atoms with Gasteiger partial charge in [-0.25, -0.2) is 9.38 Å². The van der Waals surface area contributed by atoms with E-state index < -0.39 is 0 Å². The van der Waals surface area contributed by atoms with Gasteiger partial charge in [-0.3, -0.25) is 0 Å². The molecule has 0 radical (unpaired) electrons. The third kappa shape index (κ3) is 9.92. The molecule has 7 heteroatoms. The van der Waals surface area contributed by atoms with Crippen LogP contribution in [-0.4, -0.2) is 44.9 Å². The lowest BCUT2D eigenvalue weighted by Gasteiger charge is -2.15. The Morgan fingerprint density at radius 1 is 1.25 bits per heavy atom. The SMILES string of the molecule is CCNC(=NCC(C)Oc1ccccc1F)NCCCOCC.I. The van der Waals surface area contributed by atoms with Gasteiger partial charge in [0.1, 0.15) is 6.10 Å². The van der Waals surface area contributed by atoms with Crippen LogP contribution in [0.25, 0.3) is 0 Å². The number of halogens is 2. The van der Waals surface area contributed by atoms with Crippen LogP contribution in [0.3, 0.4) is 0 Å². The highest BCUT2D eigenvalue weighted by atomic mass is 127. The number of hydrogen-bond acceptors (Lipinski definition) is 3. The van der Waals surface area contributed by atoms with Crippen molar-refractivity contribution in [3.8, 4) is 5.75 Å². The number of nitrogens with one attached hydrogen (secondary N) is 2. The number of hydrogen-bond donors (Lipinski definition) is 2. The van der Waals surface area contributed by atoms with Gasteiger partial charge >= 0.3 is 0 Å². The first-order valence-corrected chi connectivity index (χ1v) is 8.18. The minimum Gasteiger partial charge on any atom is -0.486 e. The number of rotatable bonds is 10. The molecule has 0 heterocycles. The molecule has 1 aromatic carbocycles. The summed E-state index contributed by atoms with van der Waals surface area (Å²) in [4.78, 5) is 4.46. The monoisotopic (exact) mass is 453 g/mol. The summed E-state index contributed by atoms with van der Waals surface area (Å²) in [5, 5.41) is 6.41. The van der Waals surface area contributed by atoms with Gasteiger partial charge in [0, 0.05) is 26.3 Å². The van der Waals surface area contributed by atoms with Crippen LogP contribution in [0.15, 0.2) is 29.3 Å². The number of para-hydroxylation sites is 1. The molecule has 24 heavy (non-hydrogen) atoms. The first-order valence-electron chi connectivity index (χ1n) is 8.18. The third-order valence-corrected chi connectivity index (χ3v) is 2.98. The van der Waals surface area contributed by atoms with Gasteiger partial charge in [0.2, 0.25) is 0 Å². The summed E-state index contributed by atoms with van der Waals surface area (Å²) in [6.07, 6.45) is 0.699. The summed E-state index contributed by atoms with van der Waals surface area (Å²) in [5.74, 6) is 0.627. The molecule has 0 saturated heterocycles. The lowest BCUT2D eigenvalue weighted by Crippen LogP contribution is -2.38. The molecule has 0 bridgehead atoms. The molecule has 0 aliphatic rings. The number of ether oxygens (including phenoxy) is 2. The maximum atomic E-state index is 13.5. The Bertz CT molecular complexity index is 475. The molecule has 1 aromatic rings. The minimum absolute atomic E-state index is 0. The summed E-state index contributed by atoms with van der Waals surface area (Å²) in [5.41, 5.74) is 0. The zero-order valence-electron chi connectivity index (χ0n) is 14.7. The normalized spacial score (nSPS) is 12.2. The van der Waals surface area contributed by atoms with Gasteiger partial charge in [0.05, 0.1) is 6.54 Å². The average molecular weight is 453 g/mol. The van der Waals surface area contributed by atoms with Crippen LogP contribution in [-0.2, 0) is 4.74 Å². The van der Waals surface area contributed by atoms with Crippen LogP contribution in [0.5, 0.6) is 5.75 Å². The number of benzene rings is 1. The summed E-state index contributed by atoms with van der Waals surface area (Å²) < 4.78 is 24.4. The molecular weight excluding hydrogens is 424 g/mol. The Morgan fingerprint density at radius 3 is 2.67 bits per heavy atom. The Morgan fingerprint density at radius 2 is 2.00 bits per heavy atom. The smallest absolute Gasteiger partial charge is 0.191 e. The number of nitrogens with zero attached hydrogens (tertiary/aromatic N) is 1. The van der Waals surface area contributed by atoms with E-state index in [9.17, 15) is 4.39 Å². The molecule has 1 unspecified atom stereocenters. The van der Waals surface area contributed by atoms with Crippen molar-refractivity contribution in [2.24, 2.45) is 4.99 Å². The maximum Gasteiger partial charge on any atom is 0.191 e. The van der Waals surface area contributed by atoms with E-state index in [1.54, 1.807) is 18.2 Å². The van der Waals surface area contributed by atoms with Crippen molar-refractivity contribution in [1.82, 2.24) is 10.6 Å². The highest BCUT2D eigenvalue weighted by Crippen LogP contribution is 2.16. The minimum atomic E-state index is -0.357. The van der Waals surface area contributed by atoms with Gasteiger partial charge < -0.3 is 20.1 Å². The largest absolute Gasteiger partial charge is 0.486 e. The highest BCUT2D eigenvalue weighted by molar-refractivity contribution is 14.0. The van der Waals surface area contributed by atoms with Crippen LogP contribution in [0.4, 0.5) is 4.39 Å². The van der Waals surface area contributed by atoms with E-state index in [1.807, 2.05) is 20.8 Å². The van der Waals surface area contributed by atoms with E-state index in [4.69, 9.17) is 9.47 Å². The average Bonchev–Trinajstić information content (AvgIpc) is 2.54. The van der Waals surface area contributed by atoms with Gasteiger partial charge in [0.15, 0.2) is 17.5 Å². The second-order valence-electron chi connectivity index (χ2n) is 5.06. The molecule has 0 saturated carbocycles. The fraction of sp³-hybridized carbons (Fsp3) is 0.588. The fourth-order valence-corrected chi connectivity index (χ4v) is 1.88. The van der Waals surface area contributed by atoms with Crippen molar-refractivity contribution >= 4 is 29.9 Å². The van der Waals surface area contributed by atoms with Crippen molar-refractivity contribution in [2.45, 2.75) is 33.3 Å². The maximum absolute atomic E-state index is 13.5. The molecule has 1 atom stereocenters. The topological polar surface area (TPSA) is 54.9 Å². The van der Waals surface area contributed by atoms with Crippen molar-refractivity contribution in [3.63, 3.8) is 0 Å². The Hall–Kier alpha value is -1.09. The first-order chi connectivity index (χ1) is 11.2. The van der Waals surface area contributed by atoms with E-state index >= 15 is 0 Å². The van der Waals surface area contributed by atoms with E-state index in [-0.39, 0.29) is 41.6 Å². The lowest BCUT2D eigenvalue weighted by molar-refractivity contribution is 0.145. The van der Waals surface area contributed by atoms with Gasteiger partial charge in [-0.2, -0.15) is 0 Å². The number of aliphatic imine (C=N–C) groups is 1. The predicted octanol–water partition coefficient (Wildman–Crippen LogP) is 3.19. The van der Waals surface area contributed by atoms with E-state index in [1.165, 1.54) is 6.07 Å². The molecule has 5 nitrogen and oxygen atoms in total. The van der Waals surface area contributed by atoms with Gasteiger partial charge in [-0.15, -0.1) is 24.0 Å². The van der Waals surface area contributed by atoms with Gasteiger partial charge in [-0.05, 0) is 39.3 Å². The Balaban J connectivity index is 0.00000529. The Kier molecular flexibility index (Phi) is 13.6. The molecule has 0 aromatic heterocycles. The standard InChI is InChI=1S/C17H28FN3O2.HI/c1-4-19-17(20-11-8-12-22-5-2)21-13-14(3)23-16-10-7-6-9-15(16)18;/h6-7,9-10,14H,4-5,8,11-13H2,1-3H3,(H2,19,20,21);1H. The molecule has 0 fully saturated rings. The number of guanidine groups is 1. The summed E-state index contributed by atoms with van der Waals surface area (Å²) in [6, 6.07) is 6.39. The quantitative estimate of drug-likeness (QED) is 0.247. The summed E-state index contributed by atoms with van der Waals surface area (Å²) >= 11 is 0. The second-order valence-corrected chi connectivity index (χ2v) is 5.06. The van der Waals surface area contributed by atoms with Gasteiger partial charge in [-0.1, -0.05) is 12.1 Å². The zero-order chi connectivity index (χ0) is 16.9. The predicted molar refractivity (Wildman–Crippen MR) is 107 cm³/mol. The van der Waals surface area contributed by atoms with Crippen molar-refractivity contribution in [1.29, 1.82) is 0 Å². The molecule has 0 amide bonds. The van der Waals surface area contributed by atoms with Crippen molar-refractivity contribution in [2.75, 3.05) is 32.8 Å². The van der Waals surface area contributed by atoms with Crippen LogP contribution in [0.2, 0.25) is 0 Å². The molecule has 0 spiro atoms. The zero-order valence-corrected chi connectivity index (χ0v) is 17.0. The molecule has 0 aliphatic heterocycles. The summed E-state index contributed by atoms with van der Waals surface area (Å²) in [6.45, 7) is 9.33. The lowest BCUT2D eigenvalue weighted by atomic mass is 10.3. The first kappa shape index (κ1) is 22.9. The van der Waals surface area contributed by atoms with E-state index in [0.29, 0.717) is 6.54 Å². The van der Waals surface area contributed by atoms with Crippen LogP contribution < -0.4 is 15.4 Å². The summed E-state index contributed by atoms with van der Waals surface area (Å²) in [7, 11) is 0. The molecule has 1 rings (SSSR count). The van der Waals surface area contributed by atoms with E-state index in [0.717, 1.165) is 38.7 Å². The molecule has 138 valence electrons. The molecule has 2 N–H and O–H groups in total. The molecular formula is C17H29FIN3O2. The van der Waals surface area contributed by atoms with Crippen LogP contribution in [0.1, 0.15) is 27.2 Å². The van der Waals surface area contributed by atoms with Crippen molar-refractivity contribution < 1.29 is 13.9 Å². The highest BCUT2D eigenvalue weighted by Gasteiger charge is 2.08. The fourth-order valence-electron chi connectivity index (χ4n) is 1.88. The Labute approximate surface area is 161 Å². The van der Waals surface area contributed by atoms with Crippen molar-refractivity contribution in [3.05, 3.63) is 30.1 Å². The van der Waals surface area contributed by atoms with Crippen LogP contribution in [0, 0.1) is 5.82 Å². The molecule has 0 aliphatic carbocycles.